The number of nitrogens with zero attached hydrogens (tertiary/aromatic N) is 2. The van der Waals surface area contributed by atoms with Gasteiger partial charge in [0.2, 0.25) is 0 Å². The number of carbonyl (C=O) groups is 2. The van der Waals surface area contributed by atoms with Crippen molar-refractivity contribution in [2.24, 2.45) is 0 Å². The molecule has 1 aromatic carbocycles. The summed E-state index contributed by atoms with van der Waals surface area (Å²) in [6.07, 6.45) is 3.81. The van der Waals surface area contributed by atoms with Gasteiger partial charge in [0, 0.05) is 12.4 Å². The second-order valence-electron chi connectivity index (χ2n) is 5.82. The van der Waals surface area contributed by atoms with Crippen LogP contribution in [0.4, 0.5) is 0 Å². The first kappa shape index (κ1) is 20.2. The number of ether oxygens (including phenoxy) is 1. The Morgan fingerprint density at radius 1 is 1.20 bits per heavy atom. The zero-order chi connectivity index (χ0) is 19.0. The summed E-state index contributed by atoms with van der Waals surface area (Å²) in [5.41, 5.74) is 2.51. The summed E-state index contributed by atoms with van der Waals surface area (Å²) in [5.74, 6) is -1.14. The van der Waals surface area contributed by atoms with Crippen molar-refractivity contribution in [3.05, 3.63) is 47.5 Å². The summed E-state index contributed by atoms with van der Waals surface area (Å²) >= 11 is 0. The third kappa shape index (κ3) is 6.66. The van der Waals surface area contributed by atoms with Crippen molar-refractivity contribution in [3.8, 4) is 5.75 Å². The molecule has 0 atom stereocenters. The van der Waals surface area contributed by atoms with E-state index in [0.717, 1.165) is 18.1 Å². The fourth-order valence-electron chi connectivity index (χ4n) is 2.14. The van der Waals surface area contributed by atoms with Crippen LogP contribution >= 0.6 is 0 Å². The second-order valence-corrected chi connectivity index (χ2v) is 5.82. The minimum absolute atomic E-state index is 0.477. The van der Waals surface area contributed by atoms with Crippen molar-refractivity contribution in [3.63, 3.8) is 0 Å². The molecule has 0 spiro atoms. The maximum atomic E-state index is 9.10. The fourth-order valence-corrected chi connectivity index (χ4v) is 2.14. The molecule has 0 aliphatic rings. The van der Waals surface area contributed by atoms with Gasteiger partial charge in [-0.1, -0.05) is 26.0 Å². The Kier molecular flexibility index (Phi) is 7.65. The first-order valence-electron chi connectivity index (χ1n) is 7.89. The van der Waals surface area contributed by atoms with Gasteiger partial charge in [-0.25, -0.2) is 14.6 Å². The zero-order valence-electron chi connectivity index (χ0n) is 14.9. The van der Waals surface area contributed by atoms with Gasteiger partial charge < -0.3 is 19.5 Å². The van der Waals surface area contributed by atoms with Crippen LogP contribution in [0.5, 0.6) is 5.75 Å². The zero-order valence-corrected chi connectivity index (χ0v) is 14.9. The van der Waals surface area contributed by atoms with Crippen LogP contribution in [0.2, 0.25) is 0 Å². The highest BCUT2D eigenvalue weighted by Gasteiger charge is 2.08. The highest BCUT2D eigenvalue weighted by molar-refractivity contribution is 6.27. The van der Waals surface area contributed by atoms with Crippen LogP contribution in [0.15, 0.2) is 30.6 Å². The Morgan fingerprint density at radius 2 is 1.84 bits per heavy atom. The fraction of sp³-hybridized carbons (Fsp3) is 0.389. The molecular weight excluding hydrogens is 324 g/mol. The van der Waals surface area contributed by atoms with Gasteiger partial charge in [-0.15, -0.1) is 0 Å². The van der Waals surface area contributed by atoms with E-state index < -0.39 is 11.9 Å². The van der Waals surface area contributed by atoms with Crippen LogP contribution in [-0.4, -0.2) is 38.3 Å². The van der Waals surface area contributed by atoms with Crippen LogP contribution in [0, 0.1) is 13.8 Å². The van der Waals surface area contributed by atoms with E-state index in [9.17, 15) is 0 Å². The summed E-state index contributed by atoms with van der Waals surface area (Å²) in [7, 11) is 0. The van der Waals surface area contributed by atoms with E-state index in [1.807, 2.05) is 19.3 Å². The summed E-state index contributed by atoms with van der Waals surface area (Å²) in [6.45, 7) is 9.98. The van der Waals surface area contributed by atoms with E-state index in [0.29, 0.717) is 12.5 Å². The van der Waals surface area contributed by atoms with Crippen LogP contribution in [0.3, 0.4) is 0 Å². The Balaban J connectivity index is 0.000000450. The highest BCUT2D eigenvalue weighted by Crippen LogP contribution is 2.27. The standard InChI is InChI=1S/C16H22N2O.C2H2O4/c1-12(2)15-6-5-13(3)11-16(15)19-10-9-18-8-7-17-14(18)4;3-1(4)2(5)6/h5-8,11-12H,9-10H2,1-4H3;(H,3,4)(H,5,6). The minimum atomic E-state index is -1.82. The van der Waals surface area contributed by atoms with Gasteiger partial charge >= 0.3 is 11.9 Å². The molecule has 0 amide bonds. The number of aryl methyl sites for hydroxylation is 2. The lowest BCUT2D eigenvalue weighted by molar-refractivity contribution is -0.159. The first-order chi connectivity index (χ1) is 11.7. The molecule has 0 unspecified atom stereocenters. The molecule has 0 aliphatic carbocycles. The predicted octanol–water partition coefficient (Wildman–Crippen LogP) is 2.86. The van der Waals surface area contributed by atoms with Crippen LogP contribution in [0.1, 0.15) is 36.7 Å². The highest BCUT2D eigenvalue weighted by atomic mass is 16.5. The quantitative estimate of drug-likeness (QED) is 0.806. The molecule has 0 radical (unpaired) electrons. The van der Waals surface area contributed by atoms with Crippen LogP contribution in [0.25, 0.3) is 0 Å². The maximum absolute atomic E-state index is 9.10. The molecular formula is C18H24N2O5. The van der Waals surface area contributed by atoms with Crippen LogP contribution in [-0.2, 0) is 16.1 Å². The molecule has 2 rings (SSSR count). The molecule has 0 saturated carbocycles. The molecule has 0 bridgehead atoms. The van der Waals surface area contributed by atoms with E-state index in [1.54, 1.807) is 0 Å². The maximum Gasteiger partial charge on any atom is 0.414 e. The predicted molar refractivity (Wildman–Crippen MR) is 93.0 cm³/mol. The summed E-state index contributed by atoms with van der Waals surface area (Å²) < 4.78 is 8.06. The third-order valence-corrected chi connectivity index (χ3v) is 3.49. The number of aliphatic carboxylic acids is 2. The number of aromatic nitrogens is 2. The summed E-state index contributed by atoms with van der Waals surface area (Å²) in [5, 5.41) is 14.8. The number of benzene rings is 1. The van der Waals surface area contributed by atoms with E-state index in [-0.39, 0.29) is 0 Å². The molecule has 0 aliphatic heterocycles. The van der Waals surface area contributed by atoms with Gasteiger partial charge in [-0.2, -0.15) is 0 Å². The second kappa shape index (κ2) is 9.46. The SMILES string of the molecule is Cc1ccc(C(C)C)c(OCCn2ccnc2C)c1.O=C(O)C(=O)O. The average molecular weight is 348 g/mol. The number of imidazole rings is 1. The molecule has 0 fully saturated rings. The average Bonchev–Trinajstić information content (AvgIpc) is 2.93. The minimum Gasteiger partial charge on any atom is -0.491 e. The number of hydrogen-bond donors (Lipinski definition) is 2. The molecule has 2 N–H and O–H groups in total. The summed E-state index contributed by atoms with van der Waals surface area (Å²) in [4.78, 5) is 22.4. The number of carboxylic acids is 2. The van der Waals surface area contributed by atoms with Gasteiger partial charge in [0.05, 0.1) is 6.54 Å². The third-order valence-electron chi connectivity index (χ3n) is 3.49. The number of rotatable bonds is 5. The van der Waals surface area contributed by atoms with E-state index in [2.05, 4.69) is 48.5 Å². The van der Waals surface area contributed by atoms with Gasteiger partial charge in [0.15, 0.2) is 0 Å². The Morgan fingerprint density at radius 3 is 2.32 bits per heavy atom. The summed E-state index contributed by atoms with van der Waals surface area (Å²) in [6, 6.07) is 6.43. The number of carboxylic acid groups (broad SMARTS) is 2. The van der Waals surface area contributed by atoms with E-state index >= 15 is 0 Å². The molecule has 0 saturated heterocycles. The topological polar surface area (TPSA) is 102 Å². The molecule has 1 heterocycles. The van der Waals surface area contributed by atoms with E-state index in [1.165, 1.54) is 11.1 Å². The lowest BCUT2D eigenvalue weighted by Gasteiger charge is -2.15. The van der Waals surface area contributed by atoms with Crippen molar-refractivity contribution >= 4 is 11.9 Å². The van der Waals surface area contributed by atoms with E-state index in [4.69, 9.17) is 24.5 Å². The van der Waals surface area contributed by atoms with Crippen molar-refractivity contribution in [2.45, 2.75) is 40.2 Å². The van der Waals surface area contributed by atoms with Crippen molar-refractivity contribution in [2.75, 3.05) is 6.61 Å². The van der Waals surface area contributed by atoms with Gasteiger partial charge in [-0.3, -0.25) is 0 Å². The van der Waals surface area contributed by atoms with Crippen molar-refractivity contribution in [1.29, 1.82) is 0 Å². The molecule has 7 heteroatoms. The molecule has 136 valence electrons. The lowest BCUT2D eigenvalue weighted by atomic mass is 10.0. The number of hydrogen-bond acceptors (Lipinski definition) is 4. The van der Waals surface area contributed by atoms with Crippen LogP contribution < -0.4 is 4.74 Å². The van der Waals surface area contributed by atoms with Crippen molar-refractivity contribution < 1.29 is 24.5 Å². The largest absolute Gasteiger partial charge is 0.491 e. The molecule has 1 aromatic heterocycles. The normalized spacial score (nSPS) is 10.1. The lowest BCUT2D eigenvalue weighted by Crippen LogP contribution is -2.10. The van der Waals surface area contributed by atoms with Gasteiger partial charge in [0.25, 0.3) is 0 Å². The first-order valence-corrected chi connectivity index (χ1v) is 7.89. The Labute approximate surface area is 146 Å². The van der Waals surface area contributed by atoms with Gasteiger partial charge in [0.1, 0.15) is 18.2 Å². The molecule has 7 nitrogen and oxygen atoms in total. The van der Waals surface area contributed by atoms with Gasteiger partial charge in [-0.05, 0) is 37.0 Å². The smallest absolute Gasteiger partial charge is 0.414 e. The Hall–Kier alpha value is -2.83. The molecule has 2 aromatic rings. The van der Waals surface area contributed by atoms with Crippen molar-refractivity contribution in [1.82, 2.24) is 9.55 Å². The monoisotopic (exact) mass is 348 g/mol. The Bertz CT molecular complexity index is 710. The molecule has 25 heavy (non-hydrogen) atoms.